The molecule has 0 spiro atoms. The molecule has 3 rings (SSSR count). The number of phenolic OH excluding ortho intramolecular Hbond substituents is 1. The topological polar surface area (TPSA) is 118 Å². The van der Waals surface area contributed by atoms with Crippen LogP contribution in [0.1, 0.15) is 56.4 Å². The molecule has 7 heteroatoms. The maximum atomic E-state index is 13.0. The van der Waals surface area contributed by atoms with E-state index in [9.17, 15) is 29.4 Å². The van der Waals surface area contributed by atoms with E-state index in [4.69, 9.17) is 0 Å². The quantitative estimate of drug-likeness (QED) is 0.592. The molecule has 2 atom stereocenters. The third-order valence-corrected chi connectivity index (χ3v) is 5.06. The van der Waals surface area contributed by atoms with Gasteiger partial charge in [0.15, 0.2) is 17.3 Å². The summed E-state index contributed by atoms with van der Waals surface area (Å²) in [6.45, 7) is 1.78. The molecule has 0 saturated heterocycles. The SMILES string of the molecule is CCCC(=O)c1c(CC(=O)OC)cc2c(c1O)C(=O)[C@H]1C(O)=CC=C[C@H]1C2=O. The van der Waals surface area contributed by atoms with Crippen LogP contribution >= 0.6 is 0 Å². The van der Waals surface area contributed by atoms with E-state index in [1.165, 1.54) is 31.4 Å². The Labute approximate surface area is 161 Å². The number of esters is 1. The lowest BCUT2D eigenvalue weighted by Gasteiger charge is -2.31. The number of carbonyl (C=O) groups is 4. The first kappa shape index (κ1) is 19.5. The highest BCUT2D eigenvalue weighted by Gasteiger charge is 2.45. The summed E-state index contributed by atoms with van der Waals surface area (Å²) in [6.07, 6.45) is 4.60. The van der Waals surface area contributed by atoms with E-state index in [1.807, 2.05) is 0 Å². The zero-order valence-electron chi connectivity index (χ0n) is 15.5. The van der Waals surface area contributed by atoms with Gasteiger partial charge in [-0.1, -0.05) is 19.1 Å². The van der Waals surface area contributed by atoms with Crippen LogP contribution in [0.3, 0.4) is 0 Å². The highest BCUT2D eigenvalue weighted by Crippen LogP contribution is 2.42. The molecule has 2 aliphatic carbocycles. The number of hydrogen-bond donors (Lipinski definition) is 2. The van der Waals surface area contributed by atoms with Gasteiger partial charge in [-0.25, -0.2) is 0 Å². The summed E-state index contributed by atoms with van der Waals surface area (Å²) >= 11 is 0. The maximum Gasteiger partial charge on any atom is 0.310 e. The Bertz CT molecular complexity index is 952. The first-order chi connectivity index (χ1) is 13.3. The molecule has 28 heavy (non-hydrogen) atoms. The number of aromatic hydroxyl groups is 1. The molecule has 1 aromatic rings. The van der Waals surface area contributed by atoms with Crippen molar-refractivity contribution in [1.29, 1.82) is 0 Å². The molecule has 146 valence electrons. The van der Waals surface area contributed by atoms with Gasteiger partial charge in [-0.15, -0.1) is 0 Å². The van der Waals surface area contributed by atoms with E-state index >= 15 is 0 Å². The lowest BCUT2D eigenvalue weighted by molar-refractivity contribution is -0.139. The molecule has 0 heterocycles. The number of fused-ring (bicyclic) bond motifs is 2. The van der Waals surface area contributed by atoms with Crippen molar-refractivity contribution in [2.24, 2.45) is 11.8 Å². The van der Waals surface area contributed by atoms with E-state index in [1.54, 1.807) is 6.92 Å². The summed E-state index contributed by atoms with van der Waals surface area (Å²) in [5.41, 5.74) is -0.356. The molecular formula is C21H20O7. The lowest BCUT2D eigenvalue weighted by atomic mass is 9.70. The predicted octanol–water partition coefficient (Wildman–Crippen LogP) is 2.71. The number of Topliss-reactive ketones (excluding diaryl/α,β-unsaturated/α-hetero) is 3. The van der Waals surface area contributed by atoms with Gasteiger partial charge in [0.25, 0.3) is 0 Å². The van der Waals surface area contributed by atoms with Crippen LogP contribution in [0.15, 0.2) is 30.1 Å². The normalized spacial score (nSPS) is 20.3. The number of ketones is 3. The minimum Gasteiger partial charge on any atom is -0.512 e. The minimum atomic E-state index is -1.13. The smallest absolute Gasteiger partial charge is 0.310 e. The molecule has 2 N–H and O–H groups in total. The molecular weight excluding hydrogens is 364 g/mol. The van der Waals surface area contributed by atoms with E-state index in [-0.39, 0.29) is 40.9 Å². The number of carbonyl (C=O) groups excluding carboxylic acids is 4. The van der Waals surface area contributed by atoms with Gasteiger partial charge in [0.1, 0.15) is 11.5 Å². The molecule has 0 aliphatic heterocycles. The highest BCUT2D eigenvalue weighted by molar-refractivity contribution is 6.20. The van der Waals surface area contributed by atoms with Gasteiger partial charge in [0.05, 0.1) is 36.5 Å². The summed E-state index contributed by atoms with van der Waals surface area (Å²) in [6, 6.07) is 1.31. The lowest BCUT2D eigenvalue weighted by Crippen LogP contribution is -2.38. The zero-order chi connectivity index (χ0) is 20.6. The van der Waals surface area contributed by atoms with Crippen molar-refractivity contribution in [2.75, 3.05) is 7.11 Å². The summed E-state index contributed by atoms with van der Waals surface area (Å²) in [4.78, 5) is 50.3. The van der Waals surface area contributed by atoms with E-state index in [0.717, 1.165) is 0 Å². The van der Waals surface area contributed by atoms with Crippen molar-refractivity contribution in [2.45, 2.75) is 26.2 Å². The van der Waals surface area contributed by atoms with E-state index in [0.29, 0.717) is 6.42 Å². The van der Waals surface area contributed by atoms with Gasteiger partial charge in [0, 0.05) is 12.0 Å². The first-order valence-corrected chi connectivity index (χ1v) is 8.96. The van der Waals surface area contributed by atoms with E-state index < -0.39 is 40.9 Å². The zero-order valence-corrected chi connectivity index (χ0v) is 15.5. The first-order valence-electron chi connectivity index (χ1n) is 8.96. The predicted molar refractivity (Wildman–Crippen MR) is 98.6 cm³/mol. The number of methoxy groups -OCH3 is 1. The third-order valence-electron chi connectivity index (χ3n) is 5.06. The molecule has 7 nitrogen and oxygen atoms in total. The summed E-state index contributed by atoms with van der Waals surface area (Å²) in [7, 11) is 1.19. The van der Waals surface area contributed by atoms with Crippen LogP contribution in [0.5, 0.6) is 5.75 Å². The van der Waals surface area contributed by atoms with Gasteiger partial charge >= 0.3 is 5.97 Å². The fraction of sp³-hybridized carbons (Fsp3) is 0.333. The van der Waals surface area contributed by atoms with Crippen LogP contribution in [-0.4, -0.2) is 40.6 Å². The number of phenols is 1. The second-order valence-electron chi connectivity index (χ2n) is 6.82. The Morgan fingerprint density at radius 1 is 1.18 bits per heavy atom. The Hall–Kier alpha value is -3.22. The van der Waals surface area contributed by atoms with Crippen molar-refractivity contribution in [3.05, 3.63) is 52.3 Å². The second-order valence-corrected chi connectivity index (χ2v) is 6.82. The van der Waals surface area contributed by atoms with Crippen LogP contribution in [0.25, 0.3) is 0 Å². The van der Waals surface area contributed by atoms with Gasteiger partial charge in [-0.05, 0) is 24.1 Å². The fourth-order valence-electron chi connectivity index (χ4n) is 3.74. The number of ether oxygens (including phenoxy) is 1. The monoisotopic (exact) mass is 384 g/mol. The van der Waals surface area contributed by atoms with E-state index in [2.05, 4.69) is 4.74 Å². The van der Waals surface area contributed by atoms with Gasteiger partial charge in [-0.2, -0.15) is 0 Å². The molecule has 0 radical (unpaired) electrons. The second kappa shape index (κ2) is 7.42. The van der Waals surface area contributed by atoms with Crippen molar-refractivity contribution < 1.29 is 34.1 Å². The maximum absolute atomic E-state index is 13.0. The molecule has 2 aliphatic rings. The Balaban J connectivity index is 2.25. The van der Waals surface area contributed by atoms with Crippen LogP contribution < -0.4 is 0 Å². The van der Waals surface area contributed by atoms with Crippen molar-refractivity contribution in [1.82, 2.24) is 0 Å². The average molecular weight is 384 g/mol. The number of aliphatic hydroxyl groups is 1. The number of rotatable bonds is 5. The van der Waals surface area contributed by atoms with Gasteiger partial charge in [-0.3, -0.25) is 19.2 Å². The Kier molecular flexibility index (Phi) is 5.18. The van der Waals surface area contributed by atoms with Crippen LogP contribution in [0.4, 0.5) is 0 Å². The molecule has 0 saturated carbocycles. The molecule has 0 aromatic heterocycles. The van der Waals surface area contributed by atoms with Crippen molar-refractivity contribution in [3.63, 3.8) is 0 Å². The van der Waals surface area contributed by atoms with Crippen LogP contribution in [0.2, 0.25) is 0 Å². The fourth-order valence-corrected chi connectivity index (χ4v) is 3.74. The summed E-state index contributed by atoms with van der Waals surface area (Å²) < 4.78 is 4.65. The van der Waals surface area contributed by atoms with Crippen molar-refractivity contribution >= 4 is 23.3 Å². The highest BCUT2D eigenvalue weighted by atomic mass is 16.5. The number of hydrogen-bond acceptors (Lipinski definition) is 7. The largest absolute Gasteiger partial charge is 0.512 e. The van der Waals surface area contributed by atoms with Crippen LogP contribution in [0, 0.1) is 11.8 Å². The van der Waals surface area contributed by atoms with Gasteiger partial charge in [0.2, 0.25) is 0 Å². The Morgan fingerprint density at radius 3 is 2.54 bits per heavy atom. The average Bonchev–Trinajstić information content (AvgIpc) is 2.65. The standard InChI is InChI=1S/C21H20O7/c1-3-5-13(22)16-10(9-15(24)28-2)8-12-18(20(16)26)21(27)17-11(19(12)25)6-4-7-14(17)23/h4,6-8,11,17,23,26H,3,5,9H2,1-2H3/t11-,17-/m1/s1. The number of allylic oxidation sites excluding steroid dienone is 4. The molecule has 0 unspecified atom stereocenters. The third kappa shape index (κ3) is 3.02. The molecule has 0 bridgehead atoms. The Morgan fingerprint density at radius 2 is 1.89 bits per heavy atom. The molecule has 1 aromatic carbocycles. The number of aliphatic hydroxyl groups excluding tert-OH is 1. The summed E-state index contributed by atoms with van der Waals surface area (Å²) in [5, 5.41) is 20.9. The molecule has 0 amide bonds. The van der Waals surface area contributed by atoms with Gasteiger partial charge < -0.3 is 14.9 Å². The number of benzene rings is 1. The van der Waals surface area contributed by atoms with Crippen molar-refractivity contribution in [3.8, 4) is 5.75 Å². The minimum absolute atomic E-state index is 0.0601. The molecule has 0 fully saturated rings. The van der Waals surface area contributed by atoms with Crippen LogP contribution in [-0.2, 0) is 16.0 Å². The summed E-state index contributed by atoms with van der Waals surface area (Å²) in [5.74, 6) is -5.09.